The highest BCUT2D eigenvalue weighted by molar-refractivity contribution is 14.1. The Labute approximate surface area is 138 Å². The number of amides is 1. The molecule has 6 heteroatoms. The van der Waals surface area contributed by atoms with Gasteiger partial charge in [-0.25, -0.2) is 4.99 Å². The van der Waals surface area contributed by atoms with E-state index >= 15 is 0 Å². The second kappa shape index (κ2) is 5.67. The van der Waals surface area contributed by atoms with Gasteiger partial charge in [0, 0.05) is 14.0 Å². The average molecular weight is 415 g/mol. The lowest BCUT2D eigenvalue weighted by molar-refractivity contribution is -0.115. The van der Waals surface area contributed by atoms with Crippen LogP contribution in [0, 0.1) is 3.57 Å². The Morgan fingerprint density at radius 1 is 1.35 bits per heavy atom. The lowest BCUT2D eigenvalue weighted by Crippen LogP contribution is -2.25. The van der Waals surface area contributed by atoms with Crippen molar-refractivity contribution in [2.24, 2.45) is 4.99 Å². The summed E-state index contributed by atoms with van der Waals surface area (Å²) in [6.07, 6.45) is 1.77. The summed E-state index contributed by atoms with van der Waals surface area (Å²) in [5, 5.41) is 5.29. The van der Waals surface area contributed by atoms with Crippen LogP contribution in [0.15, 0.2) is 46.4 Å². The number of aliphatic imine (C=N–C) groups is 1. The van der Waals surface area contributed by atoms with Gasteiger partial charge in [0.15, 0.2) is 0 Å². The van der Waals surface area contributed by atoms with Crippen LogP contribution in [0.3, 0.4) is 0 Å². The molecule has 3 rings (SSSR count). The predicted molar refractivity (Wildman–Crippen MR) is 91.1 cm³/mol. The van der Waals surface area contributed by atoms with Crippen LogP contribution in [0.5, 0.6) is 0 Å². The Kier molecular flexibility index (Phi) is 3.91. The molecule has 1 aromatic carbocycles. The van der Waals surface area contributed by atoms with Gasteiger partial charge in [-0.3, -0.25) is 4.79 Å². The minimum absolute atomic E-state index is 0.205. The third kappa shape index (κ3) is 2.79. The van der Waals surface area contributed by atoms with Crippen molar-refractivity contribution in [3.8, 4) is 0 Å². The van der Waals surface area contributed by atoms with Crippen LogP contribution < -0.4 is 5.32 Å². The first-order chi connectivity index (χ1) is 9.63. The number of nitrogens with one attached hydrogen (secondary N) is 1. The maximum atomic E-state index is 11.9. The number of thiophene rings is 1. The minimum Gasteiger partial charge on any atom is -0.305 e. The van der Waals surface area contributed by atoms with E-state index in [-0.39, 0.29) is 5.91 Å². The van der Waals surface area contributed by atoms with Gasteiger partial charge >= 0.3 is 0 Å². The molecule has 0 bridgehead atoms. The van der Waals surface area contributed by atoms with Gasteiger partial charge in [-0.2, -0.15) is 0 Å². The van der Waals surface area contributed by atoms with Gasteiger partial charge < -0.3 is 5.32 Å². The van der Waals surface area contributed by atoms with Crippen molar-refractivity contribution < 1.29 is 4.79 Å². The molecule has 0 aliphatic carbocycles. The zero-order chi connectivity index (χ0) is 14.1. The number of rotatable bonds is 2. The fraction of sp³-hybridized carbons (Fsp3) is 0. The van der Waals surface area contributed by atoms with E-state index in [2.05, 4.69) is 32.9 Å². The Morgan fingerprint density at radius 3 is 2.95 bits per heavy atom. The average Bonchev–Trinajstić information content (AvgIpc) is 3.04. The van der Waals surface area contributed by atoms with Gasteiger partial charge in [-0.1, -0.05) is 17.7 Å². The number of benzene rings is 1. The third-order valence-electron chi connectivity index (χ3n) is 2.70. The maximum Gasteiger partial charge on any atom is 0.275 e. The molecule has 0 saturated heterocycles. The number of amidine groups is 1. The molecule has 1 aliphatic heterocycles. The third-order valence-corrected chi connectivity index (χ3v) is 4.52. The summed E-state index contributed by atoms with van der Waals surface area (Å²) in [6, 6.07) is 9.48. The number of carbonyl (C=O) groups excluding carboxylic acids is 1. The van der Waals surface area contributed by atoms with E-state index in [1.54, 1.807) is 23.5 Å². The molecule has 1 aliphatic rings. The van der Waals surface area contributed by atoms with Gasteiger partial charge in [-0.05, 0) is 58.3 Å². The highest BCUT2D eigenvalue weighted by Crippen LogP contribution is 2.23. The van der Waals surface area contributed by atoms with Crippen molar-refractivity contribution in [3.63, 3.8) is 0 Å². The second-order valence-electron chi connectivity index (χ2n) is 4.08. The van der Waals surface area contributed by atoms with Gasteiger partial charge in [0.25, 0.3) is 5.91 Å². The Hall–Kier alpha value is -1.18. The van der Waals surface area contributed by atoms with Crippen LogP contribution in [0.1, 0.15) is 10.4 Å². The van der Waals surface area contributed by atoms with Crippen LogP contribution in [0.25, 0.3) is 6.08 Å². The smallest absolute Gasteiger partial charge is 0.275 e. The van der Waals surface area contributed by atoms with E-state index in [1.807, 2.05) is 29.6 Å². The van der Waals surface area contributed by atoms with Crippen molar-refractivity contribution in [2.45, 2.75) is 0 Å². The summed E-state index contributed by atoms with van der Waals surface area (Å²) in [6.45, 7) is 0. The molecule has 0 atom stereocenters. The van der Waals surface area contributed by atoms with Crippen molar-refractivity contribution in [1.29, 1.82) is 0 Å². The summed E-state index contributed by atoms with van der Waals surface area (Å²) in [5.41, 5.74) is 1.14. The van der Waals surface area contributed by atoms with Crippen molar-refractivity contribution in [1.82, 2.24) is 5.32 Å². The molecule has 0 saturated carbocycles. The second-order valence-corrected chi connectivity index (χ2v) is 6.72. The summed E-state index contributed by atoms with van der Waals surface area (Å²) in [5.74, 6) is 0.296. The zero-order valence-electron chi connectivity index (χ0n) is 10.1. The largest absolute Gasteiger partial charge is 0.305 e. The van der Waals surface area contributed by atoms with Gasteiger partial charge in [0.1, 0.15) is 11.5 Å². The number of hydrogen-bond acceptors (Lipinski definition) is 3. The SMILES string of the molecule is O=C1NC(c2cc(I)ccc2Cl)=N/C1=C/c1cccs1. The maximum absolute atomic E-state index is 11.9. The molecule has 0 unspecified atom stereocenters. The minimum atomic E-state index is -0.205. The molecule has 1 amide bonds. The normalized spacial score (nSPS) is 16.4. The van der Waals surface area contributed by atoms with E-state index in [0.29, 0.717) is 16.6 Å². The summed E-state index contributed by atoms with van der Waals surface area (Å²) in [4.78, 5) is 17.3. The quantitative estimate of drug-likeness (QED) is 0.587. The molecular weight excluding hydrogens is 407 g/mol. The number of carbonyl (C=O) groups is 1. The van der Waals surface area contributed by atoms with Crippen LogP contribution in [-0.2, 0) is 4.79 Å². The Balaban J connectivity index is 2.00. The first-order valence-corrected chi connectivity index (χ1v) is 8.08. The highest BCUT2D eigenvalue weighted by Gasteiger charge is 2.22. The fourth-order valence-electron chi connectivity index (χ4n) is 1.78. The number of hydrogen-bond donors (Lipinski definition) is 1. The van der Waals surface area contributed by atoms with Crippen LogP contribution >= 0.6 is 45.5 Å². The molecular formula is C14H8ClIN2OS. The summed E-state index contributed by atoms with van der Waals surface area (Å²) in [7, 11) is 0. The van der Waals surface area contributed by atoms with E-state index in [4.69, 9.17) is 11.6 Å². The molecule has 1 aromatic heterocycles. The standard InChI is InChI=1S/C14H8ClIN2OS/c15-11-4-3-8(16)6-10(11)13-17-12(14(19)18-13)7-9-2-1-5-20-9/h1-7H,(H,17,18,19)/b12-7+. The first kappa shape index (κ1) is 13.8. The molecule has 1 N–H and O–H groups in total. The van der Waals surface area contributed by atoms with Crippen LogP contribution in [0.4, 0.5) is 0 Å². The molecule has 0 fully saturated rings. The monoisotopic (exact) mass is 414 g/mol. The fourth-order valence-corrected chi connectivity index (χ4v) is 3.13. The van der Waals surface area contributed by atoms with Gasteiger partial charge in [0.2, 0.25) is 0 Å². The van der Waals surface area contributed by atoms with Gasteiger partial charge in [0.05, 0.1) is 5.02 Å². The van der Waals surface area contributed by atoms with Crippen molar-refractivity contribution in [2.75, 3.05) is 0 Å². The van der Waals surface area contributed by atoms with Crippen LogP contribution in [0.2, 0.25) is 5.02 Å². The summed E-state index contributed by atoms with van der Waals surface area (Å²) >= 11 is 9.92. The van der Waals surface area contributed by atoms with Crippen LogP contribution in [-0.4, -0.2) is 11.7 Å². The molecule has 0 radical (unpaired) electrons. The lowest BCUT2D eigenvalue weighted by Gasteiger charge is -2.03. The van der Waals surface area contributed by atoms with Crippen molar-refractivity contribution in [3.05, 3.63) is 60.4 Å². The van der Waals surface area contributed by atoms with E-state index < -0.39 is 0 Å². The zero-order valence-corrected chi connectivity index (χ0v) is 13.8. The molecule has 2 aromatic rings. The molecule has 20 heavy (non-hydrogen) atoms. The Morgan fingerprint density at radius 2 is 2.20 bits per heavy atom. The van der Waals surface area contributed by atoms with E-state index in [0.717, 1.165) is 14.0 Å². The Bertz CT molecular complexity index is 738. The molecule has 100 valence electrons. The number of halogens is 2. The first-order valence-electron chi connectivity index (χ1n) is 5.74. The predicted octanol–water partition coefficient (Wildman–Crippen LogP) is 3.92. The highest BCUT2D eigenvalue weighted by atomic mass is 127. The summed E-state index contributed by atoms with van der Waals surface area (Å²) < 4.78 is 1.04. The topological polar surface area (TPSA) is 41.5 Å². The molecule has 3 nitrogen and oxygen atoms in total. The van der Waals surface area contributed by atoms with E-state index in [1.165, 1.54) is 0 Å². The molecule has 2 heterocycles. The number of nitrogens with zero attached hydrogens (tertiary/aromatic N) is 1. The molecule has 0 spiro atoms. The lowest BCUT2D eigenvalue weighted by atomic mass is 10.2. The van der Waals surface area contributed by atoms with E-state index in [9.17, 15) is 4.79 Å². The van der Waals surface area contributed by atoms with Gasteiger partial charge in [-0.15, -0.1) is 11.3 Å². The van der Waals surface area contributed by atoms with Crippen molar-refractivity contribution >= 4 is 63.3 Å².